The zero-order valence-corrected chi connectivity index (χ0v) is 13.1. The summed E-state index contributed by atoms with van der Waals surface area (Å²) in [6.07, 6.45) is 6.95. The fourth-order valence-corrected chi connectivity index (χ4v) is 3.04. The van der Waals surface area contributed by atoms with Gasteiger partial charge in [0, 0.05) is 16.3 Å². The molecule has 0 aromatic rings. The Kier molecular flexibility index (Phi) is 6.71. The molecule has 1 atom stereocenters. The minimum Gasteiger partial charge on any atom is -0.306 e. The Labute approximate surface area is 93.7 Å². The third-order valence-corrected chi connectivity index (χ3v) is 3.62. The summed E-state index contributed by atoms with van der Waals surface area (Å²) < 4.78 is 0. The Morgan fingerprint density at radius 3 is 2.07 bits per heavy atom. The molecule has 0 aromatic heterocycles. The highest BCUT2D eigenvalue weighted by molar-refractivity contribution is 6.15. The van der Waals surface area contributed by atoms with E-state index >= 15 is 0 Å². The second-order valence-electron chi connectivity index (χ2n) is 5.69. The molecule has 0 fully saturated rings. The lowest BCUT2D eigenvalue weighted by Gasteiger charge is -2.36. The predicted molar refractivity (Wildman–Crippen MR) is 70.2 cm³/mol. The largest absolute Gasteiger partial charge is 0.306 e. The van der Waals surface area contributed by atoms with Crippen LogP contribution in [0.3, 0.4) is 0 Å². The van der Waals surface area contributed by atoms with Gasteiger partial charge in [0.15, 0.2) is 0 Å². The van der Waals surface area contributed by atoms with Gasteiger partial charge in [0.05, 0.1) is 0 Å². The number of hydrogen-bond donors (Lipinski definition) is 0. The van der Waals surface area contributed by atoms with Crippen molar-refractivity contribution in [1.82, 2.24) is 4.90 Å². The summed E-state index contributed by atoms with van der Waals surface area (Å²) in [4.78, 5) is 2.42. The van der Waals surface area contributed by atoms with Gasteiger partial charge in [0.2, 0.25) is 0 Å². The van der Waals surface area contributed by atoms with E-state index in [0.717, 1.165) is 6.04 Å². The third-order valence-electron chi connectivity index (χ3n) is 2.95. The number of rotatable bonds is 7. The Hall–Kier alpha value is 0.177. The van der Waals surface area contributed by atoms with Gasteiger partial charge in [-0.25, -0.2) is 0 Å². The molecule has 0 radical (unpaired) electrons. The first-order chi connectivity index (χ1) is 6.39. The molecule has 0 rings (SSSR count). The maximum Gasteiger partial charge on any atom is 0.0119 e. The van der Waals surface area contributed by atoms with Gasteiger partial charge in [0.25, 0.3) is 0 Å². The van der Waals surface area contributed by atoms with Crippen molar-refractivity contribution in [2.45, 2.75) is 64.0 Å². The zero-order valence-electron chi connectivity index (χ0n) is 11.1. The van der Waals surface area contributed by atoms with Gasteiger partial charge in [-0.05, 0) is 25.6 Å². The summed E-state index contributed by atoms with van der Waals surface area (Å²) in [7, 11) is 5.74. The van der Waals surface area contributed by atoms with E-state index in [4.69, 9.17) is 0 Å². The van der Waals surface area contributed by atoms with Crippen LogP contribution in [0.4, 0.5) is 0 Å². The van der Waals surface area contributed by atoms with Crippen LogP contribution in [0.25, 0.3) is 0 Å². The summed E-state index contributed by atoms with van der Waals surface area (Å²) in [5.74, 6) is 0. The topological polar surface area (TPSA) is 3.24 Å². The molecule has 0 amide bonds. The van der Waals surface area contributed by atoms with Crippen LogP contribution >= 0.6 is 0 Å². The number of nitrogens with zero attached hydrogens (tertiary/aromatic N) is 1. The summed E-state index contributed by atoms with van der Waals surface area (Å²) in [5.41, 5.74) is 0. The van der Waals surface area contributed by atoms with Crippen LogP contribution < -0.4 is 0 Å². The smallest absolute Gasteiger partial charge is 0.0119 e. The molecule has 0 saturated carbocycles. The van der Waals surface area contributed by atoms with Crippen LogP contribution in [0.5, 0.6) is 0 Å². The van der Waals surface area contributed by atoms with Crippen LogP contribution in [0.15, 0.2) is 0 Å². The van der Waals surface area contributed by atoms with Crippen molar-refractivity contribution >= 4 is 10.2 Å². The van der Waals surface area contributed by atoms with Crippen molar-refractivity contribution in [3.63, 3.8) is 0 Å². The second kappa shape index (κ2) is 6.62. The summed E-state index contributed by atoms with van der Waals surface area (Å²) in [6.45, 7) is 7.09. The van der Waals surface area contributed by atoms with Gasteiger partial charge in [-0.15, -0.1) is 0 Å². The molecule has 0 aliphatic rings. The van der Waals surface area contributed by atoms with E-state index in [-0.39, 0.29) is 0 Å². The maximum absolute atomic E-state index is 2.42. The Morgan fingerprint density at radius 2 is 1.71 bits per heavy atom. The molecule has 2 heteroatoms. The second-order valence-corrected chi connectivity index (χ2v) is 8.27. The summed E-state index contributed by atoms with van der Waals surface area (Å²) in [6, 6.07) is 0.783. The normalized spacial score (nSPS) is 15.0. The first-order valence-corrected chi connectivity index (χ1v) is 7.06. The summed E-state index contributed by atoms with van der Waals surface area (Å²) in [5, 5.41) is 0.551. The predicted octanol–water partition coefficient (Wildman–Crippen LogP) is 2.45. The highest BCUT2D eigenvalue weighted by Crippen LogP contribution is 2.30. The number of unbranched alkanes of at least 4 members (excludes halogenated alkanes) is 3. The van der Waals surface area contributed by atoms with E-state index in [9.17, 15) is 0 Å². The Bertz CT molecular complexity index is 138. The fraction of sp³-hybridized carbons (Fsp3) is 1.00. The van der Waals surface area contributed by atoms with E-state index in [1.165, 1.54) is 42.3 Å². The van der Waals surface area contributed by atoms with Crippen molar-refractivity contribution in [1.29, 1.82) is 0 Å². The van der Waals surface area contributed by atoms with Gasteiger partial charge in [-0.1, -0.05) is 46.5 Å². The van der Waals surface area contributed by atoms with Crippen LogP contribution in [-0.2, 0) is 0 Å². The fourth-order valence-electron chi connectivity index (χ4n) is 2.23. The van der Waals surface area contributed by atoms with E-state index < -0.39 is 0 Å². The number of hydrogen-bond acceptors (Lipinski definition) is 1. The third kappa shape index (κ3) is 5.81. The monoisotopic (exact) mass is 215 g/mol. The first-order valence-electron chi connectivity index (χ1n) is 6.06. The molecule has 0 aliphatic heterocycles. The molecule has 1 nitrogen and oxygen atoms in total. The molecule has 1 unspecified atom stereocenters. The van der Waals surface area contributed by atoms with Gasteiger partial charge < -0.3 is 4.90 Å². The quantitative estimate of drug-likeness (QED) is 0.466. The van der Waals surface area contributed by atoms with Gasteiger partial charge in [-0.2, -0.15) is 0 Å². The molecule has 0 heterocycles. The van der Waals surface area contributed by atoms with Gasteiger partial charge >= 0.3 is 0 Å². The van der Waals surface area contributed by atoms with E-state index in [1.807, 2.05) is 0 Å². The molecule has 0 spiro atoms. The molecule has 14 heavy (non-hydrogen) atoms. The van der Waals surface area contributed by atoms with E-state index in [0.29, 0.717) is 5.04 Å². The average Bonchev–Trinajstić information content (AvgIpc) is 2.01. The van der Waals surface area contributed by atoms with Gasteiger partial charge in [0.1, 0.15) is 0 Å². The van der Waals surface area contributed by atoms with Crippen molar-refractivity contribution in [3.8, 4) is 0 Å². The molecule has 0 aliphatic carbocycles. The van der Waals surface area contributed by atoms with Crippen molar-refractivity contribution < 1.29 is 0 Å². The first kappa shape index (κ1) is 14.2. The molecule has 86 valence electrons. The standard InChI is InChI=1S/C12H29NSi/c1-6-7-8-9-10-11(13(4)5)12(2,3)14/h11H,6-10H2,1-5,14H3. The SMILES string of the molecule is CCCCCCC(N(C)C)C(C)(C)[SiH3]. The molecular weight excluding hydrogens is 186 g/mol. The van der Waals surface area contributed by atoms with Crippen LogP contribution in [0, 0.1) is 0 Å². The lowest BCUT2D eigenvalue weighted by molar-refractivity contribution is 0.223. The minimum absolute atomic E-state index is 0.551. The maximum atomic E-state index is 2.42. The minimum atomic E-state index is 0.551. The van der Waals surface area contributed by atoms with Crippen molar-refractivity contribution in [2.24, 2.45) is 0 Å². The van der Waals surface area contributed by atoms with Crippen molar-refractivity contribution in [3.05, 3.63) is 0 Å². The van der Waals surface area contributed by atoms with Gasteiger partial charge in [-0.3, -0.25) is 0 Å². The lowest BCUT2D eigenvalue weighted by Crippen LogP contribution is -2.37. The molecule has 0 bridgehead atoms. The molecule has 0 aromatic carbocycles. The average molecular weight is 215 g/mol. The summed E-state index contributed by atoms with van der Waals surface area (Å²) >= 11 is 0. The Morgan fingerprint density at radius 1 is 1.14 bits per heavy atom. The van der Waals surface area contributed by atoms with Crippen LogP contribution in [0.2, 0.25) is 5.04 Å². The zero-order chi connectivity index (χ0) is 11.2. The Balaban J connectivity index is 3.87. The molecular formula is C12H29NSi. The lowest BCUT2D eigenvalue weighted by atomic mass is 9.95. The van der Waals surface area contributed by atoms with Crippen LogP contribution in [-0.4, -0.2) is 35.3 Å². The molecule has 0 saturated heterocycles. The van der Waals surface area contributed by atoms with Crippen LogP contribution in [0.1, 0.15) is 52.9 Å². The van der Waals surface area contributed by atoms with E-state index in [2.05, 4.69) is 39.8 Å². The van der Waals surface area contributed by atoms with Crippen molar-refractivity contribution in [2.75, 3.05) is 14.1 Å². The van der Waals surface area contributed by atoms with E-state index in [1.54, 1.807) is 0 Å². The highest BCUT2D eigenvalue weighted by atomic mass is 28.1. The highest BCUT2D eigenvalue weighted by Gasteiger charge is 2.25. The molecule has 0 N–H and O–H groups in total.